The van der Waals surface area contributed by atoms with Gasteiger partial charge in [0.25, 0.3) is 17.8 Å². The van der Waals surface area contributed by atoms with Gasteiger partial charge in [0.2, 0.25) is 0 Å². The van der Waals surface area contributed by atoms with Crippen LogP contribution in [0.3, 0.4) is 0 Å². The van der Waals surface area contributed by atoms with Crippen molar-refractivity contribution in [3.05, 3.63) is 12.0 Å². The molecule has 3 amide bonds. The second kappa shape index (κ2) is 5.49. The van der Waals surface area contributed by atoms with Crippen molar-refractivity contribution in [1.82, 2.24) is 9.80 Å². The molecule has 0 saturated carbocycles. The Kier molecular flexibility index (Phi) is 3.63. The molecular weight excluding hydrogens is 304 g/mol. The summed E-state index contributed by atoms with van der Waals surface area (Å²) in [6, 6.07) is -0.980. The van der Waals surface area contributed by atoms with Crippen molar-refractivity contribution in [3.8, 4) is 0 Å². The molecular formula is C14H17N4O5+. The van der Waals surface area contributed by atoms with E-state index in [9.17, 15) is 14.4 Å². The number of urea groups is 1. The second-order valence-corrected chi connectivity index (χ2v) is 5.29. The number of amidine groups is 1. The van der Waals surface area contributed by atoms with Crippen LogP contribution in [0.25, 0.3) is 0 Å². The fourth-order valence-electron chi connectivity index (χ4n) is 2.67. The molecule has 2 aliphatic rings. The lowest BCUT2D eigenvalue weighted by Gasteiger charge is -2.31. The molecule has 9 nitrogen and oxygen atoms in total. The number of oxazole rings is 1. The molecule has 3 heterocycles. The first-order chi connectivity index (χ1) is 10.9. The van der Waals surface area contributed by atoms with Crippen molar-refractivity contribution in [2.24, 2.45) is 4.99 Å². The standard InChI is InChI=1S/C14H17N4O5/c1-4-22-9(19)5-6-17-12(20)10-11(16(3)14(17)21)15-13-18(10)7-8(2)23-13/h7,10H,4-6H2,1-3H3/q+1. The Bertz CT molecular complexity index is 723. The minimum Gasteiger partial charge on any atom is -0.466 e. The van der Waals surface area contributed by atoms with Crippen molar-refractivity contribution >= 4 is 29.8 Å². The lowest BCUT2D eigenvalue weighted by atomic mass is 10.1. The molecule has 1 aromatic rings. The Labute approximate surface area is 132 Å². The van der Waals surface area contributed by atoms with Crippen molar-refractivity contribution in [2.45, 2.75) is 26.3 Å². The first-order valence-electron chi connectivity index (χ1n) is 7.29. The van der Waals surface area contributed by atoms with E-state index in [-0.39, 0.29) is 25.6 Å². The van der Waals surface area contributed by atoms with E-state index in [2.05, 4.69) is 4.99 Å². The van der Waals surface area contributed by atoms with Crippen molar-refractivity contribution < 1.29 is 28.1 Å². The van der Waals surface area contributed by atoms with E-state index in [4.69, 9.17) is 9.15 Å². The Balaban J connectivity index is 1.85. The van der Waals surface area contributed by atoms with Crippen LogP contribution < -0.4 is 4.57 Å². The number of aliphatic imine (C=N–C) groups is 1. The molecule has 0 aliphatic carbocycles. The number of rotatable bonds is 4. The van der Waals surface area contributed by atoms with Gasteiger partial charge in [0, 0.05) is 18.6 Å². The average Bonchev–Trinajstić information content (AvgIpc) is 3.01. The van der Waals surface area contributed by atoms with Gasteiger partial charge in [0.05, 0.1) is 13.0 Å². The number of aryl methyl sites for hydroxylation is 1. The Hall–Kier alpha value is -2.71. The van der Waals surface area contributed by atoms with E-state index < -0.39 is 23.9 Å². The third kappa shape index (κ3) is 2.37. The molecule has 0 bridgehead atoms. The van der Waals surface area contributed by atoms with Gasteiger partial charge in [0.15, 0.2) is 0 Å². The van der Waals surface area contributed by atoms with E-state index >= 15 is 0 Å². The largest absolute Gasteiger partial charge is 0.506 e. The molecule has 0 spiro atoms. The summed E-state index contributed by atoms with van der Waals surface area (Å²) in [7, 11) is 1.54. The van der Waals surface area contributed by atoms with Gasteiger partial charge in [-0.1, -0.05) is 0 Å². The molecule has 0 radical (unpaired) electrons. The van der Waals surface area contributed by atoms with Crippen LogP contribution in [0.2, 0.25) is 0 Å². The van der Waals surface area contributed by atoms with E-state index in [1.807, 2.05) is 0 Å². The maximum Gasteiger partial charge on any atom is 0.506 e. The van der Waals surface area contributed by atoms with Gasteiger partial charge in [-0.05, 0) is 13.8 Å². The van der Waals surface area contributed by atoms with Gasteiger partial charge < -0.3 is 9.15 Å². The van der Waals surface area contributed by atoms with E-state index in [0.29, 0.717) is 11.6 Å². The number of ether oxygens (including phenoxy) is 1. The van der Waals surface area contributed by atoms with Crippen LogP contribution in [0.4, 0.5) is 10.8 Å². The third-order valence-electron chi connectivity index (χ3n) is 3.73. The summed E-state index contributed by atoms with van der Waals surface area (Å²) in [6.07, 6.45) is 1.63. The maximum absolute atomic E-state index is 12.7. The summed E-state index contributed by atoms with van der Waals surface area (Å²) in [5.41, 5.74) is 0. The van der Waals surface area contributed by atoms with Crippen molar-refractivity contribution in [1.29, 1.82) is 0 Å². The summed E-state index contributed by atoms with van der Waals surface area (Å²) in [4.78, 5) is 43.1. The highest BCUT2D eigenvalue weighted by Crippen LogP contribution is 2.28. The molecule has 1 saturated heterocycles. The zero-order valence-corrected chi connectivity index (χ0v) is 13.1. The first-order valence-corrected chi connectivity index (χ1v) is 7.29. The van der Waals surface area contributed by atoms with Gasteiger partial charge in [-0.25, -0.2) is 4.79 Å². The summed E-state index contributed by atoms with van der Waals surface area (Å²) in [5.74, 6) is 0.0641. The molecule has 1 fully saturated rings. The highest BCUT2D eigenvalue weighted by atomic mass is 16.5. The van der Waals surface area contributed by atoms with Crippen LogP contribution in [0.15, 0.2) is 15.6 Å². The molecule has 1 aromatic heterocycles. The molecule has 3 rings (SSSR count). The molecule has 9 heteroatoms. The number of likely N-dealkylation sites (N-methyl/N-ethyl adjacent to an activating group) is 1. The highest BCUT2D eigenvalue weighted by Gasteiger charge is 2.54. The number of carbonyl (C=O) groups is 3. The third-order valence-corrected chi connectivity index (χ3v) is 3.73. The average molecular weight is 321 g/mol. The van der Waals surface area contributed by atoms with Gasteiger partial charge in [0.1, 0.15) is 12.0 Å². The molecule has 0 N–H and O–H groups in total. The lowest BCUT2D eigenvalue weighted by molar-refractivity contribution is -0.679. The van der Waals surface area contributed by atoms with Gasteiger partial charge in [-0.3, -0.25) is 19.4 Å². The summed E-state index contributed by atoms with van der Waals surface area (Å²) in [5, 5.41) is 0. The number of carbonyl (C=O) groups excluding carboxylic acids is 3. The smallest absolute Gasteiger partial charge is 0.466 e. The number of hydrogen-bond donors (Lipinski definition) is 0. The molecule has 1 unspecified atom stereocenters. The summed E-state index contributed by atoms with van der Waals surface area (Å²) >= 11 is 0. The monoisotopic (exact) mass is 321 g/mol. The lowest BCUT2D eigenvalue weighted by Crippen LogP contribution is -2.62. The topological polar surface area (TPSA) is 96.3 Å². The molecule has 1 atom stereocenters. The molecule has 0 aromatic carbocycles. The van der Waals surface area contributed by atoms with Crippen LogP contribution in [0.1, 0.15) is 25.1 Å². The van der Waals surface area contributed by atoms with E-state index in [1.54, 1.807) is 24.6 Å². The van der Waals surface area contributed by atoms with Crippen molar-refractivity contribution in [2.75, 3.05) is 20.2 Å². The minimum atomic E-state index is -0.743. The number of amides is 3. The van der Waals surface area contributed by atoms with E-state index in [0.717, 1.165) is 4.90 Å². The predicted molar refractivity (Wildman–Crippen MR) is 75.9 cm³/mol. The van der Waals surface area contributed by atoms with Gasteiger partial charge in [-0.15, -0.1) is 0 Å². The Morgan fingerprint density at radius 3 is 2.91 bits per heavy atom. The number of esters is 1. The maximum atomic E-state index is 12.7. The zero-order valence-electron chi connectivity index (χ0n) is 13.1. The second-order valence-electron chi connectivity index (χ2n) is 5.29. The number of hydrogen-bond acceptors (Lipinski definition) is 6. The Morgan fingerprint density at radius 2 is 2.22 bits per heavy atom. The van der Waals surface area contributed by atoms with E-state index in [1.165, 1.54) is 11.9 Å². The molecule has 122 valence electrons. The number of fused-ring (bicyclic) bond motifs is 3. The zero-order chi connectivity index (χ0) is 16.7. The Morgan fingerprint density at radius 1 is 1.48 bits per heavy atom. The SMILES string of the molecule is CCOC(=O)CCN1C(=O)C2C(=Nc3oc(C)c[n+]32)N(C)C1=O. The highest BCUT2D eigenvalue weighted by molar-refractivity contribution is 6.19. The fourth-order valence-corrected chi connectivity index (χ4v) is 2.67. The number of imide groups is 1. The van der Waals surface area contributed by atoms with Crippen molar-refractivity contribution in [3.63, 3.8) is 0 Å². The van der Waals surface area contributed by atoms with Crippen LogP contribution >= 0.6 is 0 Å². The minimum absolute atomic E-state index is 0.0304. The van der Waals surface area contributed by atoms with Gasteiger partial charge >= 0.3 is 18.0 Å². The summed E-state index contributed by atoms with van der Waals surface area (Å²) in [6.45, 7) is 3.68. The van der Waals surface area contributed by atoms with Crippen LogP contribution in [-0.2, 0) is 14.3 Å². The number of nitrogens with zero attached hydrogens (tertiary/aromatic N) is 4. The quantitative estimate of drug-likeness (QED) is 0.587. The molecule has 2 aliphatic heterocycles. The summed E-state index contributed by atoms with van der Waals surface area (Å²) < 4.78 is 11.8. The predicted octanol–water partition coefficient (Wildman–Crippen LogP) is 0.307. The normalized spacial score (nSPS) is 19.6. The van der Waals surface area contributed by atoms with Gasteiger partial charge in [-0.2, -0.15) is 4.57 Å². The first kappa shape index (κ1) is 15.2. The number of aromatic nitrogens is 1. The fraction of sp³-hybridized carbons (Fsp3) is 0.500. The van der Waals surface area contributed by atoms with Crippen LogP contribution in [-0.4, -0.2) is 53.7 Å². The molecule has 23 heavy (non-hydrogen) atoms. The van der Waals surface area contributed by atoms with Crippen LogP contribution in [0, 0.1) is 6.92 Å². The van der Waals surface area contributed by atoms with Crippen LogP contribution in [0.5, 0.6) is 0 Å².